The van der Waals surface area contributed by atoms with Gasteiger partial charge in [-0.3, -0.25) is 4.79 Å². The highest BCUT2D eigenvalue weighted by Gasteiger charge is 2.51. The predicted octanol–water partition coefficient (Wildman–Crippen LogP) is 4.42. The summed E-state index contributed by atoms with van der Waals surface area (Å²) in [7, 11) is 0. The van der Waals surface area contributed by atoms with Crippen LogP contribution in [0.1, 0.15) is 24.0 Å². The summed E-state index contributed by atoms with van der Waals surface area (Å²) in [5.74, 6) is -0.332. The standard InChI is InChI=1S/C16H12ClF3N2O/c17-13-5-4-12(9-21-13)22-14(23)15(6-7-15)10-2-1-3-11(8-10)16(18,19)20/h1-5,8-9H,6-7H2,(H,22,23). The van der Waals surface area contributed by atoms with Gasteiger partial charge >= 0.3 is 6.18 Å². The number of carbonyl (C=O) groups excluding carboxylic acids is 1. The molecule has 1 fully saturated rings. The maximum atomic E-state index is 12.8. The molecule has 1 aromatic carbocycles. The third kappa shape index (κ3) is 3.17. The molecule has 0 bridgehead atoms. The summed E-state index contributed by atoms with van der Waals surface area (Å²) in [6.45, 7) is 0. The number of pyridine rings is 1. The van der Waals surface area contributed by atoms with Crippen LogP contribution in [0.3, 0.4) is 0 Å². The molecule has 1 amide bonds. The summed E-state index contributed by atoms with van der Waals surface area (Å²) in [5.41, 5.74) is -0.812. The number of nitrogens with zero attached hydrogens (tertiary/aromatic N) is 1. The van der Waals surface area contributed by atoms with Gasteiger partial charge in [-0.25, -0.2) is 4.98 Å². The summed E-state index contributed by atoms with van der Waals surface area (Å²) in [6, 6.07) is 8.06. The SMILES string of the molecule is O=C(Nc1ccc(Cl)nc1)C1(c2cccc(C(F)(F)F)c2)CC1. The van der Waals surface area contributed by atoms with Crippen molar-refractivity contribution in [1.82, 2.24) is 4.98 Å². The van der Waals surface area contributed by atoms with Gasteiger partial charge in [-0.1, -0.05) is 29.8 Å². The van der Waals surface area contributed by atoms with Crippen LogP contribution >= 0.6 is 11.6 Å². The Bertz CT molecular complexity index is 740. The van der Waals surface area contributed by atoms with E-state index in [1.807, 2.05) is 0 Å². The Morgan fingerprint density at radius 2 is 1.96 bits per heavy atom. The van der Waals surface area contributed by atoms with Crippen LogP contribution < -0.4 is 5.32 Å². The van der Waals surface area contributed by atoms with Gasteiger partial charge in [-0.2, -0.15) is 13.2 Å². The van der Waals surface area contributed by atoms with Crippen LogP contribution in [-0.4, -0.2) is 10.9 Å². The topological polar surface area (TPSA) is 42.0 Å². The van der Waals surface area contributed by atoms with Gasteiger partial charge < -0.3 is 5.32 Å². The third-order valence-electron chi connectivity index (χ3n) is 3.91. The van der Waals surface area contributed by atoms with E-state index in [-0.39, 0.29) is 5.91 Å². The number of carbonyl (C=O) groups is 1. The van der Waals surface area contributed by atoms with E-state index in [9.17, 15) is 18.0 Å². The Kier molecular flexibility index (Phi) is 3.80. The van der Waals surface area contributed by atoms with Crippen LogP contribution in [0.4, 0.5) is 18.9 Å². The molecule has 2 aromatic rings. The molecule has 0 atom stereocenters. The van der Waals surface area contributed by atoms with Crippen molar-refractivity contribution in [2.45, 2.75) is 24.4 Å². The van der Waals surface area contributed by atoms with E-state index >= 15 is 0 Å². The molecule has 23 heavy (non-hydrogen) atoms. The zero-order valence-corrected chi connectivity index (χ0v) is 12.6. The minimum absolute atomic E-state index is 0.294. The zero-order chi connectivity index (χ0) is 16.7. The number of benzene rings is 1. The third-order valence-corrected chi connectivity index (χ3v) is 4.14. The number of aromatic nitrogens is 1. The highest BCUT2D eigenvalue weighted by molar-refractivity contribution is 6.29. The van der Waals surface area contributed by atoms with Crippen molar-refractivity contribution in [2.75, 3.05) is 5.32 Å². The van der Waals surface area contributed by atoms with Crippen LogP contribution in [0.25, 0.3) is 0 Å². The lowest BCUT2D eigenvalue weighted by molar-refractivity contribution is -0.137. The molecule has 3 nitrogen and oxygen atoms in total. The molecule has 1 heterocycles. The number of alkyl halides is 3. The lowest BCUT2D eigenvalue weighted by Gasteiger charge is -2.17. The fourth-order valence-electron chi connectivity index (χ4n) is 2.47. The smallest absolute Gasteiger partial charge is 0.324 e. The van der Waals surface area contributed by atoms with Gasteiger partial charge in [0.2, 0.25) is 5.91 Å². The number of nitrogens with one attached hydrogen (secondary N) is 1. The molecule has 7 heteroatoms. The maximum Gasteiger partial charge on any atom is 0.416 e. The minimum Gasteiger partial charge on any atom is -0.324 e. The molecule has 1 saturated carbocycles. The molecule has 0 aliphatic heterocycles. The van der Waals surface area contributed by atoms with Crippen molar-refractivity contribution in [3.63, 3.8) is 0 Å². The Morgan fingerprint density at radius 3 is 2.52 bits per heavy atom. The van der Waals surface area contributed by atoms with Crippen molar-refractivity contribution in [1.29, 1.82) is 0 Å². The molecule has 120 valence electrons. The van der Waals surface area contributed by atoms with Crippen LogP contribution in [0.15, 0.2) is 42.6 Å². The second-order valence-electron chi connectivity index (χ2n) is 5.48. The monoisotopic (exact) mass is 340 g/mol. The van der Waals surface area contributed by atoms with Crippen LogP contribution in [-0.2, 0) is 16.4 Å². The van der Waals surface area contributed by atoms with Gasteiger partial charge in [-0.15, -0.1) is 0 Å². The summed E-state index contributed by atoms with van der Waals surface area (Å²) >= 11 is 5.68. The quantitative estimate of drug-likeness (QED) is 0.840. The van der Waals surface area contributed by atoms with Gasteiger partial charge in [0.1, 0.15) is 5.15 Å². The van der Waals surface area contributed by atoms with E-state index in [0.717, 1.165) is 12.1 Å². The van der Waals surface area contributed by atoms with Crippen molar-refractivity contribution < 1.29 is 18.0 Å². The first-order chi connectivity index (χ1) is 10.8. The molecule has 1 aliphatic carbocycles. The number of amides is 1. The molecular formula is C16H12ClF3N2O. The van der Waals surface area contributed by atoms with E-state index in [1.165, 1.54) is 18.3 Å². The molecule has 1 N–H and O–H groups in total. The second-order valence-corrected chi connectivity index (χ2v) is 5.87. The van der Waals surface area contributed by atoms with Gasteiger partial charge in [0, 0.05) is 0 Å². The van der Waals surface area contributed by atoms with Crippen molar-refractivity contribution in [3.8, 4) is 0 Å². The number of halogens is 4. The largest absolute Gasteiger partial charge is 0.416 e. The molecule has 0 spiro atoms. The minimum atomic E-state index is -4.43. The van der Waals surface area contributed by atoms with Crippen LogP contribution in [0.2, 0.25) is 5.15 Å². The van der Waals surface area contributed by atoms with Crippen LogP contribution in [0.5, 0.6) is 0 Å². The summed E-state index contributed by atoms with van der Waals surface area (Å²) in [5, 5.41) is 2.98. The van der Waals surface area contributed by atoms with Gasteiger partial charge in [0.25, 0.3) is 0 Å². The number of hydrogen-bond acceptors (Lipinski definition) is 2. The second kappa shape index (κ2) is 5.53. The summed E-state index contributed by atoms with van der Waals surface area (Å²) < 4.78 is 38.5. The van der Waals surface area contributed by atoms with Gasteiger partial charge in [-0.05, 0) is 36.6 Å². The van der Waals surface area contributed by atoms with E-state index in [4.69, 9.17) is 11.6 Å². The zero-order valence-electron chi connectivity index (χ0n) is 11.8. The lowest BCUT2D eigenvalue weighted by Crippen LogP contribution is -2.28. The van der Waals surface area contributed by atoms with Crippen molar-refractivity contribution in [2.24, 2.45) is 0 Å². The predicted molar refractivity (Wildman–Crippen MR) is 80.2 cm³/mol. The molecule has 3 rings (SSSR count). The average Bonchev–Trinajstić information content (AvgIpc) is 3.31. The Balaban J connectivity index is 1.84. The normalized spacial score (nSPS) is 16.0. The number of hydrogen-bond donors (Lipinski definition) is 1. The van der Waals surface area contributed by atoms with Crippen molar-refractivity contribution in [3.05, 3.63) is 58.9 Å². The summed E-state index contributed by atoms with van der Waals surface area (Å²) in [6.07, 6.45) is -1.99. The Morgan fingerprint density at radius 1 is 1.22 bits per heavy atom. The first-order valence-electron chi connectivity index (χ1n) is 6.92. The average molecular weight is 341 g/mol. The van der Waals surface area contributed by atoms with Crippen LogP contribution in [0, 0.1) is 0 Å². The summed E-state index contributed by atoms with van der Waals surface area (Å²) in [4.78, 5) is 16.3. The number of anilines is 1. The van der Waals surface area contributed by atoms with E-state index < -0.39 is 17.2 Å². The maximum absolute atomic E-state index is 12.8. The van der Waals surface area contributed by atoms with E-state index in [2.05, 4.69) is 10.3 Å². The first-order valence-corrected chi connectivity index (χ1v) is 7.30. The van der Waals surface area contributed by atoms with E-state index in [1.54, 1.807) is 12.1 Å². The Hall–Kier alpha value is -2.08. The lowest BCUT2D eigenvalue weighted by atomic mass is 9.93. The fourth-order valence-corrected chi connectivity index (χ4v) is 2.58. The molecule has 0 unspecified atom stereocenters. The molecule has 0 saturated heterocycles. The highest BCUT2D eigenvalue weighted by atomic mass is 35.5. The fraction of sp³-hybridized carbons (Fsp3) is 0.250. The Labute approximate surface area is 135 Å². The van der Waals surface area contributed by atoms with Gasteiger partial charge in [0.05, 0.1) is 22.9 Å². The van der Waals surface area contributed by atoms with Crippen molar-refractivity contribution >= 4 is 23.2 Å². The molecular weight excluding hydrogens is 329 g/mol. The number of rotatable bonds is 3. The molecule has 1 aromatic heterocycles. The van der Waals surface area contributed by atoms with E-state index in [0.29, 0.717) is 29.2 Å². The van der Waals surface area contributed by atoms with Gasteiger partial charge in [0.15, 0.2) is 0 Å². The first kappa shape index (κ1) is 15.8. The molecule has 1 aliphatic rings. The molecule has 0 radical (unpaired) electrons. The highest BCUT2D eigenvalue weighted by Crippen LogP contribution is 2.49.